The van der Waals surface area contributed by atoms with Crippen LogP contribution in [0.1, 0.15) is 18.1 Å². The molecule has 6 nitrogen and oxygen atoms in total. The molecule has 2 rings (SSSR count). The Bertz CT molecular complexity index is 814. The number of likely N-dealkylation sites (N-methyl/N-ethyl adjacent to an activating group) is 1. The fraction of sp³-hybridized carbons (Fsp3) is 0.300. The van der Waals surface area contributed by atoms with E-state index in [1.54, 1.807) is 38.5 Å². The van der Waals surface area contributed by atoms with Crippen molar-refractivity contribution in [2.45, 2.75) is 19.5 Å². The van der Waals surface area contributed by atoms with Gasteiger partial charge >= 0.3 is 0 Å². The van der Waals surface area contributed by atoms with E-state index in [0.717, 1.165) is 5.56 Å². The van der Waals surface area contributed by atoms with Crippen molar-refractivity contribution in [2.24, 2.45) is 0 Å². The number of nitriles is 1. The number of nitrogens with zero attached hydrogens (tertiary/aromatic N) is 2. The van der Waals surface area contributed by atoms with E-state index in [-0.39, 0.29) is 11.9 Å². The Hall–Kier alpha value is -3.04. The summed E-state index contributed by atoms with van der Waals surface area (Å²) in [4.78, 5) is 14.5. The topological polar surface area (TPSA) is 74.6 Å². The highest BCUT2D eigenvalue weighted by Crippen LogP contribution is 2.28. The van der Waals surface area contributed by atoms with Crippen LogP contribution in [0, 0.1) is 11.3 Å². The van der Waals surface area contributed by atoms with Crippen molar-refractivity contribution in [2.75, 3.05) is 26.6 Å². The largest absolute Gasteiger partial charge is 0.493 e. The molecule has 0 bridgehead atoms. The van der Waals surface area contributed by atoms with E-state index >= 15 is 0 Å². The van der Waals surface area contributed by atoms with Crippen LogP contribution in [0.3, 0.4) is 0 Å². The van der Waals surface area contributed by atoms with Gasteiger partial charge in [0.1, 0.15) is 6.07 Å². The highest BCUT2D eigenvalue weighted by molar-refractivity contribution is 5.95. The van der Waals surface area contributed by atoms with E-state index in [4.69, 9.17) is 14.7 Å². The number of nitrogens with one attached hydrogen (secondary N) is 1. The third-order valence-corrected chi connectivity index (χ3v) is 4.23. The number of para-hydroxylation sites is 1. The summed E-state index contributed by atoms with van der Waals surface area (Å²) >= 11 is 0. The van der Waals surface area contributed by atoms with Crippen molar-refractivity contribution in [3.05, 3.63) is 53.6 Å². The minimum Gasteiger partial charge on any atom is -0.493 e. The summed E-state index contributed by atoms with van der Waals surface area (Å²) in [6.07, 6.45) is 0. The monoisotopic (exact) mass is 353 g/mol. The second kappa shape index (κ2) is 8.88. The number of anilines is 1. The maximum absolute atomic E-state index is 12.5. The van der Waals surface area contributed by atoms with Gasteiger partial charge in [0.15, 0.2) is 11.5 Å². The van der Waals surface area contributed by atoms with E-state index in [0.29, 0.717) is 29.3 Å². The second-order valence-electron chi connectivity index (χ2n) is 5.93. The molecule has 2 aromatic carbocycles. The number of amides is 1. The molecule has 0 radical (unpaired) electrons. The van der Waals surface area contributed by atoms with Gasteiger partial charge in [-0.1, -0.05) is 18.2 Å². The summed E-state index contributed by atoms with van der Waals surface area (Å²) in [5, 5.41) is 12.0. The van der Waals surface area contributed by atoms with E-state index in [9.17, 15) is 4.79 Å². The van der Waals surface area contributed by atoms with Gasteiger partial charge in [-0.3, -0.25) is 9.69 Å². The van der Waals surface area contributed by atoms with Crippen LogP contribution in [0.15, 0.2) is 42.5 Å². The van der Waals surface area contributed by atoms with Crippen LogP contribution < -0.4 is 14.8 Å². The molecule has 0 saturated carbocycles. The van der Waals surface area contributed by atoms with Crippen molar-refractivity contribution in [3.63, 3.8) is 0 Å². The molecule has 1 amide bonds. The van der Waals surface area contributed by atoms with E-state index in [2.05, 4.69) is 11.4 Å². The Morgan fingerprint density at radius 1 is 1.19 bits per heavy atom. The van der Waals surface area contributed by atoms with Crippen LogP contribution in [0.5, 0.6) is 11.5 Å². The summed E-state index contributed by atoms with van der Waals surface area (Å²) < 4.78 is 10.6. The third-order valence-electron chi connectivity index (χ3n) is 4.23. The SMILES string of the molecule is COc1ccc(CN(C)[C@H](C)C(=O)Nc2ccccc2C#N)cc1OC. The third kappa shape index (κ3) is 4.52. The lowest BCUT2D eigenvalue weighted by Gasteiger charge is -2.24. The maximum atomic E-state index is 12.5. The fourth-order valence-corrected chi connectivity index (χ4v) is 2.53. The summed E-state index contributed by atoms with van der Waals surface area (Å²) in [5.74, 6) is 1.15. The van der Waals surface area contributed by atoms with E-state index in [1.807, 2.05) is 37.1 Å². The zero-order valence-electron chi connectivity index (χ0n) is 15.4. The van der Waals surface area contributed by atoms with Gasteiger partial charge in [0.25, 0.3) is 0 Å². The number of benzene rings is 2. The first-order chi connectivity index (χ1) is 12.5. The van der Waals surface area contributed by atoms with Gasteiger partial charge in [0.2, 0.25) is 5.91 Å². The molecule has 0 aliphatic heterocycles. The molecular formula is C20H23N3O3. The van der Waals surface area contributed by atoms with Crippen molar-refractivity contribution in [1.82, 2.24) is 4.90 Å². The first-order valence-electron chi connectivity index (χ1n) is 8.21. The van der Waals surface area contributed by atoms with Gasteiger partial charge in [-0.25, -0.2) is 0 Å². The van der Waals surface area contributed by atoms with Crippen LogP contribution in [-0.4, -0.2) is 38.1 Å². The number of methoxy groups -OCH3 is 2. The predicted octanol–water partition coefficient (Wildman–Crippen LogP) is 3.03. The average molecular weight is 353 g/mol. The quantitative estimate of drug-likeness (QED) is 0.828. The molecule has 1 N–H and O–H groups in total. The number of rotatable bonds is 7. The standard InChI is InChI=1S/C20H23N3O3/c1-14(20(24)22-17-8-6-5-7-16(17)12-21)23(2)13-15-9-10-18(25-3)19(11-15)26-4/h5-11,14H,13H2,1-4H3,(H,22,24)/t14-/m1/s1. The molecule has 0 aliphatic rings. The molecule has 0 saturated heterocycles. The van der Waals surface area contributed by atoms with Gasteiger partial charge in [-0.15, -0.1) is 0 Å². The van der Waals surface area contributed by atoms with Gasteiger partial charge in [-0.2, -0.15) is 5.26 Å². The number of hydrogen-bond acceptors (Lipinski definition) is 5. The molecular weight excluding hydrogens is 330 g/mol. The van der Waals surface area contributed by atoms with E-state index < -0.39 is 0 Å². The van der Waals surface area contributed by atoms with Crippen LogP contribution in [0.25, 0.3) is 0 Å². The first-order valence-corrected chi connectivity index (χ1v) is 8.21. The molecule has 0 unspecified atom stereocenters. The molecule has 0 fully saturated rings. The van der Waals surface area contributed by atoms with Crippen molar-refractivity contribution >= 4 is 11.6 Å². The maximum Gasteiger partial charge on any atom is 0.241 e. The fourth-order valence-electron chi connectivity index (χ4n) is 2.53. The predicted molar refractivity (Wildman–Crippen MR) is 100 cm³/mol. The molecule has 2 aromatic rings. The van der Waals surface area contributed by atoms with Crippen molar-refractivity contribution in [1.29, 1.82) is 5.26 Å². The van der Waals surface area contributed by atoms with Gasteiger partial charge in [0, 0.05) is 6.54 Å². The lowest BCUT2D eigenvalue weighted by molar-refractivity contribution is -0.120. The average Bonchev–Trinajstić information content (AvgIpc) is 2.67. The van der Waals surface area contributed by atoms with E-state index in [1.165, 1.54) is 0 Å². The van der Waals surface area contributed by atoms with Crippen LogP contribution >= 0.6 is 0 Å². The smallest absolute Gasteiger partial charge is 0.241 e. The number of ether oxygens (including phenoxy) is 2. The normalized spacial score (nSPS) is 11.5. The molecule has 6 heteroatoms. The zero-order valence-corrected chi connectivity index (χ0v) is 15.4. The second-order valence-corrected chi connectivity index (χ2v) is 5.93. The molecule has 0 aliphatic carbocycles. The van der Waals surface area contributed by atoms with Crippen LogP contribution in [0.4, 0.5) is 5.69 Å². The highest BCUT2D eigenvalue weighted by atomic mass is 16.5. The Morgan fingerprint density at radius 2 is 1.88 bits per heavy atom. The molecule has 26 heavy (non-hydrogen) atoms. The number of hydrogen-bond donors (Lipinski definition) is 1. The van der Waals surface area contributed by atoms with Gasteiger partial charge in [0.05, 0.1) is 31.5 Å². The zero-order chi connectivity index (χ0) is 19.1. The Morgan fingerprint density at radius 3 is 2.54 bits per heavy atom. The van der Waals surface area contributed by atoms with Crippen molar-refractivity contribution in [3.8, 4) is 17.6 Å². The van der Waals surface area contributed by atoms with Gasteiger partial charge < -0.3 is 14.8 Å². The minimum absolute atomic E-state index is 0.171. The van der Waals surface area contributed by atoms with Gasteiger partial charge in [-0.05, 0) is 43.8 Å². The minimum atomic E-state index is -0.380. The summed E-state index contributed by atoms with van der Waals surface area (Å²) in [5.41, 5.74) is 1.96. The molecule has 0 spiro atoms. The van der Waals surface area contributed by atoms with Crippen molar-refractivity contribution < 1.29 is 14.3 Å². The van der Waals surface area contributed by atoms with Crippen LogP contribution in [0.2, 0.25) is 0 Å². The Labute approximate surface area is 153 Å². The molecule has 136 valence electrons. The first kappa shape index (κ1) is 19.3. The van der Waals surface area contributed by atoms with Crippen LogP contribution in [-0.2, 0) is 11.3 Å². The lowest BCUT2D eigenvalue weighted by Crippen LogP contribution is -2.39. The highest BCUT2D eigenvalue weighted by Gasteiger charge is 2.19. The lowest BCUT2D eigenvalue weighted by atomic mass is 10.1. The summed E-state index contributed by atoms with van der Waals surface area (Å²) in [6, 6.07) is 14.3. The summed E-state index contributed by atoms with van der Waals surface area (Å²) in [7, 11) is 5.06. The summed E-state index contributed by atoms with van der Waals surface area (Å²) in [6.45, 7) is 2.39. The molecule has 0 heterocycles. The molecule has 0 aromatic heterocycles. The molecule has 1 atom stereocenters. The number of carbonyl (C=O) groups is 1. The number of carbonyl (C=O) groups excluding carboxylic acids is 1. The Balaban J connectivity index is 2.06. The Kier molecular flexibility index (Phi) is 6.59.